The smallest absolute Gasteiger partial charge is 0.269 e. The molecule has 5 heteroatoms. The third-order valence-corrected chi connectivity index (χ3v) is 3.40. The third-order valence-electron chi connectivity index (χ3n) is 3.40. The van der Waals surface area contributed by atoms with Crippen LogP contribution in [0.1, 0.15) is 25.3 Å². The van der Waals surface area contributed by atoms with Gasteiger partial charge in [0.2, 0.25) is 0 Å². The summed E-state index contributed by atoms with van der Waals surface area (Å²) >= 11 is 0. The van der Waals surface area contributed by atoms with Crippen molar-refractivity contribution in [3.8, 4) is 0 Å². The van der Waals surface area contributed by atoms with Gasteiger partial charge >= 0.3 is 0 Å². The van der Waals surface area contributed by atoms with E-state index in [4.69, 9.17) is 0 Å². The van der Waals surface area contributed by atoms with E-state index in [0.717, 1.165) is 30.6 Å². The highest BCUT2D eigenvalue weighted by Crippen LogP contribution is 2.23. The normalized spacial score (nSPS) is 23.7. The summed E-state index contributed by atoms with van der Waals surface area (Å²) < 4.78 is 0. The topological polar surface area (TPSA) is 67.2 Å². The van der Waals surface area contributed by atoms with Crippen LogP contribution in [0.4, 0.5) is 11.4 Å². The van der Waals surface area contributed by atoms with Crippen LogP contribution in [0.2, 0.25) is 0 Å². The summed E-state index contributed by atoms with van der Waals surface area (Å²) in [5.41, 5.74) is 2.08. The largest absolute Gasteiger partial charge is 0.382 e. The highest BCUT2D eigenvalue weighted by Gasteiger charge is 2.18. The molecule has 1 aromatic rings. The fourth-order valence-corrected chi connectivity index (χ4v) is 2.41. The maximum atomic E-state index is 10.7. The summed E-state index contributed by atoms with van der Waals surface area (Å²) in [6.07, 6.45) is 2.16. The highest BCUT2D eigenvalue weighted by atomic mass is 16.6. The number of anilines is 1. The summed E-state index contributed by atoms with van der Waals surface area (Å²) in [4.78, 5) is 10.3. The molecule has 2 atom stereocenters. The Labute approximate surface area is 107 Å². The predicted molar refractivity (Wildman–Crippen MR) is 71.9 cm³/mol. The minimum atomic E-state index is -0.358. The van der Waals surface area contributed by atoms with Crippen LogP contribution in [0.5, 0.6) is 0 Å². The van der Waals surface area contributed by atoms with Crippen LogP contribution in [0, 0.1) is 17.0 Å². The fraction of sp³-hybridized carbons (Fsp3) is 0.538. The number of rotatable bonds is 3. The van der Waals surface area contributed by atoms with Gasteiger partial charge in [-0.2, -0.15) is 0 Å². The van der Waals surface area contributed by atoms with Crippen molar-refractivity contribution >= 4 is 11.4 Å². The molecule has 0 bridgehead atoms. The van der Waals surface area contributed by atoms with Gasteiger partial charge in [0, 0.05) is 29.9 Å². The van der Waals surface area contributed by atoms with E-state index in [9.17, 15) is 10.1 Å². The van der Waals surface area contributed by atoms with Crippen LogP contribution < -0.4 is 10.6 Å². The van der Waals surface area contributed by atoms with Gasteiger partial charge in [0.25, 0.3) is 5.69 Å². The maximum absolute atomic E-state index is 10.7. The lowest BCUT2D eigenvalue weighted by molar-refractivity contribution is -0.384. The monoisotopic (exact) mass is 249 g/mol. The number of piperidine rings is 1. The Balaban J connectivity index is 2.07. The van der Waals surface area contributed by atoms with Gasteiger partial charge in [-0.05, 0) is 44.9 Å². The number of nitrogens with zero attached hydrogens (tertiary/aromatic N) is 1. The van der Waals surface area contributed by atoms with Crippen LogP contribution >= 0.6 is 0 Å². The van der Waals surface area contributed by atoms with E-state index >= 15 is 0 Å². The molecule has 1 aliphatic heterocycles. The highest BCUT2D eigenvalue weighted by molar-refractivity contribution is 5.55. The summed E-state index contributed by atoms with van der Waals surface area (Å²) in [5.74, 6) is 0. The number of benzene rings is 1. The van der Waals surface area contributed by atoms with Gasteiger partial charge in [0.05, 0.1) is 4.92 Å². The molecule has 0 aliphatic carbocycles. The van der Waals surface area contributed by atoms with Gasteiger partial charge in [-0.25, -0.2) is 0 Å². The molecule has 98 valence electrons. The van der Waals surface area contributed by atoms with Gasteiger partial charge in [0.15, 0.2) is 0 Å². The van der Waals surface area contributed by atoms with E-state index < -0.39 is 0 Å². The van der Waals surface area contributed by atoms with Crippen LogP contribution in [0.25, 0.3) is 0 Å². The average Bonchev–Trinajstić information content (AvgIpc) is 2.31. The first kappa shape index (κ1) is 12.8. The lowest BCUT2D eigenvalue weighted by Gasteiger charge is -2.29. The molecule has 5 nitrogen and oxygen atoms in total. The molecule has 1 fully saturated rings. The second kappa shape index (κ2) is 5.35. The van der Waals surface area contributed by atoms with E-state index in [1.165, 1.54) is 0 Å². The summed E-state index contributed by atoms with van der Waals surface area (Å²) in [7, 11) is 0. The van der Waals surface area contributed by atoms with Crippen molar-refractivity contribution in [2.24, 2.45) is 0 Å². The zero-order chi connectivity index (χ0) is 13.1. The van der Waals surface area contributed by atoms with Gasteiger partial charge in [-0.3, -0.25) is 10.1 Å². The third kappa shape index (κ3) is 2.98. The second-order valence-corrected chi connectivity index (χ2v) is 4.98. The van der Waals surface area contributed by atoms with E-state index in [1.807, 2.05) is 6.92 Å². The molecule has 1 saturated heterocycles. The summed E-state index contributed by atoms with van der Waals surface area (Å²) in [6.45, 7) is 5.10. The van der Waals surface area contributed by atoms with Crippen molar-refractivity contribution in [1.29, 1.82) is 0 Å². The number of hydrogen-bond acceptors (Lipinski definition) is 4. The molecule has 1 aromatic carbocycles. The molecule has 0 aromatic heterocycles. The van der Waals surface area contributed by atoms with Crippen LogP contribution in [0.3, 0.4) is 0 Å². The molecule has 18 heavy (non-hydrogen) atoms. The van der Waals surface area contributed by atoms with Gasteiger partial charge < -0.3 is 10.6 Å². The molecule has 1 heterocycles. The molecule has 2 N–H and O–H groups in total. The fourth-order valence-electron chi connectivity index (χ4n) is 2.41. The number of nitrogens with one attached hydrogen (secondary N) is 2. The van der Waals surface area contributed by atoms with Gasteiger partial charge in [0.1, 0.15) is 0 Å². The zero-order valence-electron chi connectivity index (χ0n) is 10.8. The van der Waals surface area contributed by atoms with E-state index in [-0.39, 0.29) is 10.6 Å². The SMILES string of the molecule is Cc1cc([N+](=O)[O-])ccc1NC1CCNC(C)C1. The van der Waals surface area contributed by atoms with E-state index in [2.05, 4.69) is 17.6 Å². The second-order valence-electron chi connectivity index (χ2n) is 4.98. The standard InChI is InChI=1S/C13H19N3O2/c1-9-7-12(16(17)18)3-4-13(9)15-11-5-6-14-10(2)8-11/h3-4,7,10-11,14-15H,5-6,8H2,1-2H3. The number of hydrogen-bond donors (Lipinski definition) is 2. The molecular formula is C13H19N3O2. The lowest BCUT2D eigenvalue weighted by Crippen LogP contribution is -2.41. The number of aryl methyl sites for hydroxylation is 1. The molecule has 0 radical (unpaired) electrons. The molecule has 2 rings (SSSR count). The average molecular weight is 249 g/mol. The zero-order valence-corrected chi connectivity index (χ0v) is 10.8. The Hall–Kier alpha value is -1.62. The molecule has 1 aliphatic rings. The van der Waals surface area contributed by atoms with Crippen molar-refractivity contribution in [3.05, 3.63) is 33.9 Å². The summed E-state index contributed by atoms with van der Waals surface area (Å²) in [5, 5.41) is 17.6. The van der Waals surface area contributed by atoms with Gasteiger partial charge in [-0.1, -0.05) is 0 Å². The Morgan fingerprint density at radius 3 is 2.89 bits per heavy atom. The predicted octanol–water partition coefficient (Wildman–Crippen LogP) is 2.46. The van der Waals surface area contributed by atoms with Crippen molar-refractivity contribution in [3.63, 3.8) is 0 Å². The van der Waals surface area contributed by atoms with Crippen molar-refractivity contribution in [2.45, 2.75) is 38.8 Å². The molecule has 2 unspecified atom stereocenters. The number of nitro benzene ring substituents is 1. The first-order chi connectivity index (χ1) is 8.56. The molecule has 0 spiro atoms. The van der Waals surface area contributed by atoms with Gasteiger partial charge in [-0.15, -0.1) is 0 Å². The van der Waals surface area contributed by atoms with Crippen molar-refractivity contribution in [1.82, 2.24) is 5.32 Å². The Kier molecular flexibility index (Phi) is 3.81. The summed E-state index contributed by atoms with van der Waals surface area (Å²) in [6, 6.07) is 5.95. The minimum absolute atomic E-state index is 0.150. The Morgan fingerprint density at radius 2 is 2.28 bits per heavy atom. The Bertz CT molecular complexity index is 448. The molecule has 0 amide bonds. The maximum Gasteiger partial charge on any atom is 0.269 e. The quantitative estimate of drug-likeness (QED) is 0.638. The van der Waals surface area contributed by atoms with E-state index in [0.29, 0.717) is 12.1 Å². The Morgan fingerprint density at radius 1 is 1.50 bits per heavy atom. The number of non-ortho nitro benzene ring substituents is 1. The molecular weight excluding hydrogens is 230 g/mol. The lowest BCUT2D eigenvalue weighted by atomic mass is 10.00. The van der Waals surface area contributed by atoms with E-state index in [1.54, 1.807) is 18.2 Å². The van der Waals surface area contributed by atoms with Crippen LogP contribution in [0.15, 0.2) is 18.2 Å². The number of nitro groups is 1. The minimum Gasteiger partial charge on any atom is -0.382 e. The molecule has 0 saturated carbocycles. The van der Waals surface area contributed by atoms with Crippen molar-refractivity contribution < 1.29 is 4.92 Å². The first-order valence-corrected chi connectivity index (χ1v) is 6.31. The first-order valence-electron chi connectivity index (χ1n) is 6.31. The van der Waals surface area contributed by atoms with Crippen LogP contribution in [-0.4, -0.2) is 23.6 Å². The van der Waals surface area contributed by atoms with Crippen LogP contribution in [-0.2, 0) is 0 Å². The van der Waals surface area contributed by atoms with Crippen molar-refractivity contribution in [2.75, 3.05) is 11.9 Å².